The van der Waals surface area contributed by atoms with Crippen molar-refractivity contribution in [2.75, 3.05) is 0 Å². The fraction of sp³-hybridized carbons (Fsp3) is 0.273. The Balaban J connectivity index is 2.20. The molecule has 0 aliphatic carbocycles. The molecule has 0 atom stereocenters. The highest BCUT2D eigenvalue weighted by molar-refractivity contribution is 5.53. The first-order valence-corrected chi connectivity index (χ1v) is 5.57. The van der Waals surface area contributed by atoms with E-state index in [1.165, 1.54) is 0 Å². The highest BCUT2D eigenvalue weighted by Gasteiger charge is 2.10. The molecule has 0 amide bonds. The monoisotopic (exact) mass is 228 g/mol. The topological polar surface area (TPSA) is 60.9 Å². The quantitative estimate of drug-likeness (QED) is 0.677. The normalized spacial score (nSPS) is 11.1. The smallest absolute Gasteiger partial charge is 0.204 e. The van der Waals surface area contributed by atoms with Crippen LogP contribution in [0.2, 0.25) is 0 Å². The minimum atomic E-state index is 0.739. The number of hydrogen-bond donors (Lipinski definition) is 0. The summed E-state index contributed by atoms with van der Waals surface area (Å²) in [7, 11) is 0. The van der Waals surface area contributed by atoms with Gasteiger partial charge in [0, 0.05) is 31.2 Å². The van der Waals surface area contributed by atoms with Crippen LogP contribution >= 0.6 is 0 Å². The molecular formula is C11H12N6. The average molecular weight is 228 g/mol. The molecule has 0 aromatic carbocycles. The lowest BCUT2D eigenvalue weighted by atomic mass is 10.3. The van der Waals surface area contributed by atoms with Crippen LogP contribution in [0.4, 0.5) is 0 Å². The molecule has 0 saturated heterocycles. The van der Waals surface area contributed by atoms with E-state index in [1.54, 1.807) is 18.7 Å². The van der Waals surface area contributed by atoms with Gasteiger partial charge in [-0.05, 0) is 6.42 Å². The maximum Gasteiger partial charge on any atom is 0.204 e. The van der Waals surface area contributed by atoms with E-state index in [4.69, 9.17) is 0 Å². The maximum atomic E-state index is 4.36. The molecule has 3 rings (SSSR count). The lowest BCUT2D eigenvalue weighted by Gasteiger charge is -2.06. The first-order chi connectivity index (χ1) is 8.40. The summed E-state index contributed by atoms with van der Waals surface area (Å²) < 4.78 is 3.81. The minimum Gasteiger partial charge on any atom is -0.285 e. The van der Waals surface area contributed by atoms with Crippen molar-refractivity contribution < 1.29 is 0 Å². The Morgan fingerprint density at radius 3 is 2.94 bits per heavy atom. The van der Waals surface area contributed by atoms with Crippen LogP contribution in [0.1, 0.15) is 19.2 Å². The Morgan fingerprint density at radius 1 is 1.18 bits per heavy atom. The van der Waals surface area contributed by atoms with Gasteiger partial charge in [-0.1, -0.05) is 6.92 Å². The zero-order valence-electron chi connectivity index (χ0n) is 9.48. The fourth-order valence-corrected chi connectivity index (χ4v) is 1.85. The van der Waals surface area contributed by atoms with Gasteiger partial charge in [0.25, 0.3) is 0 Å². The highest BCUT2D eigenvalue weighted by Crippen LogP contribution is 2.13. The second-order valence-electron chi connectivity index (χ2n) is 3.78. The van der Waals surface area contributed by atoms with E-state index < -0.39 is 0 Å². The molecule has 0 radical (unpaired) electrons. The van der Waals surface area contributed by atoms with Crippen molar-refractivity contribution in [3.05, 3.63) is 36.9 Å². The van der Waals surface area contributed by atoms with E-state index in [-0.39, 0.29) is 0 Å². The van der Waals surface area contributed by atoms with E-state index in [0.29, 0.717) is 0 Å². The van der Waals surface area contributed by atoms with Gasteiger partial charge in [0.05, 0.1) is 0 Å². The van der Waals surface area contributed by atoms with Crippen molar-refractivity contribution in [2.45, 2.75) is 19.8 Å². The van der Waals surface area contributed by atoms with E-state index in [2.05, 4.69) is 27.1 Å². The molecule has 0 unspecified atom stereocenters. The molecule has 0 saturated carbocycles. The summed E-state index contributed by atoms with van der Waals surface area (Å²) in [6, 6.07) is 0. The molecular weight excluding hydrogens is 216 g/mol. The summed E-state index contributed by atoms with van der Waals surface area (Å²) in [5.41, 5.74) is 0.739. The van der Waals surface area contributed by atoms with E-state index >= 15 is 0 Å². The van der Waals surface area contributed by atoms with Gasteiger partial charge < -0.3 is 0 Å². The van der Waals surface area contributed by atoms with Gasteiger partial charge in [-0.15, -0.1) is 10.2 Å². The van der Waals surface area contributed by atoms with Gasteiger partial charge in [-0.3, -0.25) is 8.97 Å². The average Bonchev–Trinajstić information content (AvgIpc) is 2.96. The van der Waals surface area contributed by atoms with Crippen LogP contribution in [0, 0.1) is 0 Å². The molecule has 3 heterocycles. The molecule has 0 bridgehead atoms. The third kappa shape index (κ3) is 1.57. The molecule has 0 N–H and O–H groups in total. The summed E-state index contributed by atoms with van der Waals surface area (Å²) in [6.45, 7) is 2.13. The van der Waals surface area contributed by atoms with Crippen LogP contribution in [0.15, 0.2) is 31.1 Å². The predicted octanol–water partition coefficient (Wildman–Crippen LogP) is 1.26. The van der Waals surface area contributed by atoms with Crippen molar-refractivity contribution in [2.24, 2.45) is 0 Å². The second kappa shape index (κ2) is 3.97. The zero-order chi connectivity index (χ0) is 11.7. The second-order valence-corrected chi connectivity index (χ2v) is 3.78. The summed E-state index contributed by atoms with van der Waals surface area (Å²) in [6.07, 6.45) is 10.9. The van der Waals surface area contributed by atoms with Crippen LogP contribution in [-0.2, 0) is 6.42 Å². The lowest BCUT2D eigenvalue weighted by Crippen LogP contribution is -2.04. The van der Waals surface area contributed by atoms with Gasteiger partial charge in [0.15, 0.2) is 5.82 Å². The van der Waals surface area contributed by atoms with Crippen molar-refractivity contribution in [3.63, 3.8) is 0 Å². The Labute approximate surface area is 98.0 Å². The number of rotatable bonds is 3. The molecule has 0 fully saturated rings. The third-order valence-electron chi connectivity index (χ3n) is 2.62. The number of aromatic nitrogens is 6. The minimum absolute atomic E-state index is 0.739. The molecule has 86 valence electrons. The number of nitrogens with zero attached hydrogens (tertiary/aromatic N) is 6. The molecule has 6 nitrogen and oxygen atoms in total. The maximum absolute atomic E-state index is 4.36. The Kier molecular flexibility index (Phi) is 2.32. The first-order valence-electron chi connectivity index (χ1n) is 5.57. The summed E-state index contributed by atoms with van der Waals surface area (Å²) in [4.78, 5) is 8.70. The highest BCUT2D eigenvalue weighted by atomic mass is 15.3. The molecule has 17 heavy (non-hydrogen) atoms. The molecule has 0 aliphatic heterocycles. The number of aryl methyl sites for hydroxylation is 1. The zero-order valence-corrected chi connectivity index (χ0v) is 9.48. The molecule has 6 heteroatoms. The number of fused-ring (bicyclic) bond motifs is 1. The van der Waals surface area contributed by atoms with Crippen LogP contribution in [0.5, 0.6) is 0 Å². The Hall–Kier alpha value is -2.24. The molecule has 3 aromatic heterocycles. The van der Waals surface area contributed by atoms with E-state index in [1.807, 2.05) is 21.4 Å². The van der Waals surface area contributed by atoms with Gasteiger partial charge in [-0.2, -0.15) is 0 Å². The van der Waals surface area contributed by atoms with Crippen molar-refractivity contribution >= 4 is 5.65 Å². The summed E-state index contributed by atoms with van der Waals surface area (Å²) in [5.74, 6) is 1.77. The standard InChI is InChI=1S/C11H12N6/c1-2-3-9-12-5-7-17(9)10-11-15-14-8-16(11)6-4-13-10/h4-8H,2-3H2,1H3. The van der Waals surface area contributed by atoms with Crippen molar-refractivity contribution in [3.8, 4) is 5.82 Å². The van der Waals surface area contributed by atoms with Crippen LogP contribution < -0.4 is 0 Å². The van der Waals surface area contributed by atoms with Crippen molar-refractivity contribution in [1.29, 1.82) is 0 Å². The van der Waals surface area contributed by atoms with Gasteiger partial charge >= 0.3 is 0 Å². The molecule has 0 aliphatic rings. The number of imidazole rings is 1. The fourth-order valence-electron chi connectivity index (χ4n) is 1.85. The van der Waals surface area contributed by atoms with Gasteiger partial charge in [0.2, 0.25) is 5.65 Å². The predicted molar refractivity (Wildman–Crippen MR) is 61.9 cm³/mol. The van der Waals surface area contributed by atoms with E-state index in [0.717, 1.165) is 30.1 Å². The van der Waals surface area contributed by atoms with Crippen molar-refractivity contribution in [1.82, 2.24) is 29.1 Å². The van der Waals surface area contributed by atoms with Gasteiger partial charge in [0.1, 0.15) is 12.2 Å². The van der Waals surface area contributed by atoms with Crippen LogP contribution in [0.25, 0.3) is 11.5 Å². The van der Waals surface area contributed by atoms with Gasteiger partial charge in [-0.25, -0.2) is 9.97 Å². The lowest BCUT2D eigenvalue weighted by molar-refractivity contribution is 0.796. The first kappa shape index (κ1) is 9.95. The molecule has 3 aromatic rings. The summed E-state index contributed by atoms with van der Waals surface area (Å²) in [5, 5.41) is 7.96. The third-order valence-corrected chi connectivity index (χ3v) is 2.62. The van der Waals surface area contributed by atoms with E-state index in [9.17, 15) is 0 Å². The van der Waals surface area contributed by atoms with Crippen LogP contribution in [-0.4, -0.2) is 29.1 Å². The van der Waals surface area contributed by atoms with Crippen LogP contribution in [0.3, 0.4) is 0 Å². The largest absolute Gasteiger partial charge is 0.285 e. The summed E-state index contributed by atoms with van der Waals surface area (Å²) >= 11 is 0. The SMILES string of the molecule is CCCc1nccn1-c1nccn2cnnc12. The molecule has 0 spiro atoms. The Bertz CT molecular complexity index is 638. The number of hydrogen-bond acceptors (Lipinski definition) is 4. The Morgan fingerprint density at radius 2 is 2.06 bits per heavy atom.